The molecule has 0 atom stereocenters. The minimum absolute atomic E-state index is 0.174. The fourth-order valence-electron chi connectivity index (χ4n) is 2.69. The van der Waals surface area contributed by atoms with Crippen molar-refractivity contribution < 1.29 is 14.3 Å². The number of hydrazine groups is 1. The van der Waals surface area contributed by atoms with E-state index in [-0.39, 0.29) is 12.5 Å². The van der Waals surface area contributed by atoms with Crippen LogP contribution in [0.2, 0.25) is 0 Å². The van der Waals surface area contributed by atoms with Crippen molar-refractivity contribution in [2.75, 3.05) is 13.1 Å². The van der Waals surface area contributed by atoms with Crippen LogP contribution >= 0.6 is 0 Å². The number of ether oxygens (including phenoxy) is 1. The van der Waals surface area contributed by atoms with Gasteiger partial charge in [-0.3, -0.25) is 4.79 Å². The van der Waals surface area contributed by atoms with Crippen molar-refractivity contribution in [1.82, 2.24) is 10.0 Å². The Hall–Kier alpha value is -2.82. The van der Waals surface area contributed by atoms with E-state index in [4.69, 9.17) is 4.74 Å². The second-order valence-electron chi connectivity index (χ2n) is 5.66. The summed E-state index contributed by atoms with van der Waals surface area (Å²) in [6.07, 6.45) is 1.25. The molecule has 2 aromatic carbocycles. The summed E-state index contributed by atoms with van der Waals surface area (Å²) in [6, 6.07) is 18.5. The van der Waals surface area contributed by atoms with Gasteiger partial charge in [-0.15, -0.1) is 0 Å². The first-order valence-corrected chi connectivity index (χ1v) is 8.11. The van der Waals surface area contributed by atoms with Gasteiger partial charge in [-0.2, -0.15) is 0 Å². The topological polar surface area (TPSA) is 49.9 Å². The van der Waals surface area contributed by atoms with Crippen LogP contribution in [0.5, 0.6) is 0 Å². The van der Waals surface area contributed by atoms with Crippen LogP contribution in [0.4, 0.5) is 4.79 Å². The van der Waals surface area contributed by atoms with Gasteiger partial charge >= 0.3 is 6.09 Å². The monoisotopic (exact) mass is 324 g/mol. The van der Waals surface area contributed by atoms with Gasteiger partial charge in [-0.25, -0.2) is 14.8 Å². The van der Waals surface area contributed by atoms with Crippen molar-refractivity contribution >= 4 is 12.0 Å². The van der Waals surface area contributed by atoms with E-state index in [0.717, 1.165) is 18.4 Å². The third-order valence-electron chi connectivity index (χ3n) is 3.95. The molecule has 1 aliphatic heterocycles. The van der Waals surface area contributed by atoms with E-state index < -0.39 is 6.09 Å². The lowest BCUT2D eigenvalue weighted by Gasteiger charge is -2.37. The van der Waals surface area contributed by atoms with E-state index in [0.29, 0.717) is 18.7 Å². The Bertz CT molecular complexity index is 688. The fourth-order valence-corrected chi connectivity index (χ4v) is 2.69. The molecule has 1 aliphatic rings. The first-order chi connectivity index (χ1) is 11.8. The number of benzene rings is 2. The first-order valence-electron chi connectivity index (χ1n) is 8.11. The quantitative estimate of drug-likeness (QED) is 0.868. The summed E-state index contributed by atoms with van der Waals surface area (Å²) in [5.41, 5.74) is 1.49. The Balaban J connectivity index is 1.67. The Morgan fingerprint density at radius 1 is 0.833 bits per heavy atom. The van der Waals surface area contributed by atoms with Crippen molar-refractivity contribution in [3.8, 4) is 0 Å². The fraction of sp³-hybridized carbons (Fsp3) is 0.263. The van der Waals surface area contributed by atoms with Gasteiger partial charge in [0, 0.05) is 18.7 Å². The number of hydrogen-bond donors (Lipinski definition) is 0. The number of amides is 2. The third-order valence-corrected chi connectivity index (χ3v) is 3.95. The number of carbonyl (C=O) groups excluding carboxylic acids is 2. The van der Waals surface area contributed by atoms with Gasteiger partial charge in [0.25, 0.3) is 5.91 Å². The highest BCUT2D eigenvalue weighted by atomic mass is 16.6. The molecule has 1 fully saturated rings. The van der Waals surface area contributed by atoms with Gasteiger partial charge in [0.1, 0.15) is 6.61 Å². The van der Waals surface area contributed by atoms with Crippen molar-refractivity contribution in [2.45, 2.75) is 19.4 Å². The third kappa shape index (κ3) is 3.74. The van der Waals surface area contributed by atoms with Crippen LogP contribution in [0, 0.1) is 0 Å². The first kappa shape index (κ1) is 16.1. The van der Waals surface area contributed by atoms with Crippen molar-refractivity contribution in [3.63, 3.8) is 0 Å². The Labute approximate surface area is 141 Å². The molecule has 0 aromatic heterocycles. The predicted octanol–water partition coefficient (Wildman–Crippen LogP) is 3.48. The van der Waals surface area contributed by atoms with Gasteiger partial charge in [0.05, 0.1) is 0 Å². The van der Waals surface area contributed by atoms with Gasteiger partial charge in [0.2, 0.25) is 0 Å². The van der Waals surface area contributed by atoms with E-state index in [2.05, 4.69) is 0 Å². The van der Waals surface area contributed by atoms with Crippen LogP contribution < -0.4 is 0 Å². The molecule has 1 heterocycles. The average Bonchev–Trinajstić information content (AvgIpc) is 2.67. The Morgan fingerprint density at radius 2 is 1.42 bits per heavy atom. The summed E-state index contributed by atoms with van der Waals surface area (Å²) in [7, 11) is 0. The molecule has 0 bridgehead atoms. The van der Waals surface area contributed by atoms with E-state index >= 15 is 0 Å². The van der Waals surface area contributed by atoms with Crippen LogP contribution in [0.3, 0.4) is 0 Å². The standard InChI is InChI=1S/C19H20N2O3/c22-18(17-11-5-2-6-12-17)20-13-7-8-14-21(20)19(23)24-15-16-9-3-1-4-10-16/h1-6,9-12H,7-8,13-15H2. The zero-order valence-electron chi connectivity index (χ0n) is 13.4. The Morgan fingerprint density at radius 3 is 2.08 bits per heavy atom. The number of hydrogen-bond acceptors (Lipinski definition) is 3. The number of rotatable bonds is 3. The van der Waals surface area contributed by atoms with Crippen molar-refractivity contribution in [3.05, 3.63) is 71.8 Å². The molecule has 0 spiro atoms. The molecule has 1 saturated heterocycles. The molecular formula is C19H20N2O3. The molecule has 5 nitrogen and oxygen atoms in total. The lowest BCUT2D eigenvalue weighted by molar-refractivity contribution is -0.0288. The summed E-state index contributed by atoms with van der Waals surface area (Å²) < 4.78 is 5.38. The van der Waals surface area contributed by atoms with Gasteiger partial charge in [-0.1, -0.05) is 48.5 Å². The summed E-state index contributed by atoms with van der Waals surface area (Å²) in [5, 5.41) is 2.91. The van der Waals surface area contributed by atoms with Crippen LogP contribution in [-0.2, 0) is 11.3 Å². The maximum absolute atomic E-state index is 12.7. The van der Waals surface area contributed by atoms with Gasteiger partial charge < -0.3 is 4.74 Å². The highest BCUT2D eigenvalue weighted by Crippen LogP contribution is 2.17. The zero-order chi connectivity index (χ0) is 16.8. The van der Waals surface area contributed by atoms with E-state index in [1.807, 2.05) is 48.5 Å². The second kappa shape index (κ2) is 7.64. The van der Waals surface area contributed by atoms with Crippen LogP contribution in [0.1, 0.15) is 28.8 Å². The zero-order valence-corrected chi connectivity index (χ0v) is 13.4. The lowest BCUT2D eigenvalue weighted by atomic mass is 10.2. The second-order valence-corrected chi connectivity index (χ2v) is 5.66. The van der Waals surface area contributed by atoms with Crippen LogP contribution in [0.15, 0.2) is 60.7 Å². The molecule has 0 N–H and O–H groups in total. The normalized spacial score (nSPS) is 14.3. The minimum atomic E-state index is -0.483. The molecular weight excluding hydrogens is 304 g/mol. The van der Waals surface area contributed by atoms with Crippen molar-refractivity contribution in [1.29, 1.82) is 0 Å². The highest BCUT2D eigenvalue weighted by molar-refractivity contribution is 5.95. The highest BCUT2D eigenvalue weighted by Gasteiger charge is 2.30. The maximum Gasteiger partial charge on any atom is 0.429 e. The minimum Gasteiger partial charge on any atom is -0.443 e. The number of carbonyl (C=O) groups is 2. The molecule has 5 heteroatoms. The van der Waals surface area contributed by atoms with E-state index in [1.165, 1.54) is 10.0 Å². The molecule has 0 radical (unpaired) electrons. The van der Waals surface area contributed by atoms with Gasteiger partial charge in [-0.05, 0) is 30.5 Å². The van der Waals surface area contributed by atoms with E-state index in [1.54, 1.807) is 12.1 Å². The molecule has 124 valence electrons. The van der Waals surface area contributed by atoms with Gasteiger partial charge in [0.15, 0.2) is 0 Å². The van der Waals surface area contributed by atoms with Crippen molar-refractivity contribution in [2.24, 2.45) is 0 Å². The molecule has 2 amide bonds. The molecule has 24 heavy (non-hydrogen) atoms. The van der Waals surface area contributed by atoms with Crippen LogP contribution in [-0.4, -0.2) is 35.1 Å². The molecule has 0 saturated carbocycles. The van der Waals surface area contributed by atoms with E-state index in [9.17, 15) is 9.59 Å². The summed E-state index contributed by atoms with van der Waals surface area (Å²) in [6.45, 7) is 1.21. The molecule has 2 aromatic rings. The molecule has 3 rings (SSSR count). The Kier molecular flexibility index (Phi) is 5.11. The summed E-state index contributed by atoms with van der Waals surface area (Å²) in [4.78, 5) is 25.1. The number of nitrogens with zero attached hydrogens (tertiary/aromatic N) is 2. The lowest BCUT2D eigenvalue weighted by Crippen LogP contribution is -2.53. The smallest absolute Gasteiger partial charge is 0.429 e. The maximum atomic E-state index is 12.7. The summed E-state index contributed by atoms with van der Waals surface area (Å²) >= 11 is 0. The average molecular weight is 324 g/mol. The molecule has 0 aliphatic carbocycles. The summed E-state index contributed by atoms with van der Waals surface area (Å²) in [5.74, 6) is -0.174. The predicted molar refractivity (Wildman–Crippen MR) is 90.0 cm³/mol. The molecule has 0 unspecified atom stereocenters. The SMILES string of the molecule is O=C(OCc1ccccc1)N1CCCCN1C(=O)c1ccccc1. The largest absolute Gasteiger partial charge is 0.443 e. The van der Waals surface area contributed by atoms with Crippen LogP contribution in [0.25, 0.3) is 0 Å².